The number of benzene rings is 2. The number of methoxy groups -OCH3 is 1. The third-order valence-corrected chi connectivity index (χ3v) is 5.80. The monoisotopic (exact) mass is 447 g/mol. The molecule has 2 aromatic carbocycles. The number of carbonyl (C=O) groups excluding carboxylic acids is 1. The van der Waals surface area contributed by atoms with Crippen LogP contribution in [0.25, 0.3) is 22.4 Å². The van der Waals surface area contributed by atoms with Crippen molar-refractivity contribution in [3.05, 3.63) is 60.7 Å². The number of fused-ring (bicyclic) bond motifs is 1. The first kappa shape index (κ1) is 20.9. The Hall–Kier alpha value is -4.01. The van der Waals surface area contributed by atoms with E-state index < -0.39 is 0 Å². The second kappa shape index (κ2) is 8.85. The number of rotatable bonds is 5. The van der Waals surface area contributed by atoms with Crippen molar-refractivity contribution in [2.45, 2.75) is 12.8 Å². The van der Waals surface area contributed by atoms with Gasteiger partial charge in [-0.3, -0.25) is 4.79 Å². The number of hydrogen-bond donors (Lipinski definition) is 1. The van der Waals surface area contributed by atoms with Crippen molar-refractivity contribution in [2.75, 3.05) is 30.4 Å². The summed E-state index contributed by atoms with van der Waals surface area (Å²) in [4.78, 5) is 23.8. The van der Waals surface area contributed by atoms with Gasteiger partial charge < -0.3 is 19.5 Å². The van der Waals surface area contributed by atoms with E-state index in [1.54, 1.807) is 25.3 Å². The maximum Gasteiger partial charge on any atom is 0.263 e. The Morgan fingerprint density at radius 3 is 2.88 bits per heavy atom. The fraction of sp³-hybridized carbons (Fsp3) is 0.250. The lowest BCUT2D eigenvalue weighted by Gasteiger charge is -2.33. The summed E-state index contributed by atoms with van der Waals surface area (Å²) in [6, 6.07) is 13.3. The molecule has 1 N–H and O–H groups in total. The average molecular weight is 447 g/mol. The zero-order chi connectivity index (χ0) is 22.8. The molecule has 0 unspecified atom stereocenters. The Morgan fingerprint density at radius 2 is 2.06 bits per heavy atom. The molecule has 33 heavy (non-hydrogen) atoms. The lowest BCUT2D eigenvalue weighted by molar-refractivity contribution is -0.120. The SMILES string of the molecule is COc1cccc(NC(=O)[C@@H]2CCCN(c3ncnc4onc(-c5ccc(F)cc5)c34)C2)c1. The molecule has 5 rings (SSSR count). The molecule has 1 aliphatic heterocycles. The van der Waals surface area contributed by atoms with E-state index in [-0.39, 0.29) is 17.6 Å². The predicted octanol–water partition coefficient (Wildman–Crippen LogP) is 4.29. The lowest BCUT2D eigenvalue weighted by atomic mass is 9.96. The lowest BCUT2D eigenvalue weighted by Crippen LogP contribution is -2.41. The van der Waals surface area contributed by atoms with Gasteiger partial charge in [0.25, 0.3) is 5.71 Å². The van der Waals surface area contributed by atoms with Crippen molar-refractivity contribution >= 4 is 28.5 Å². The molecule has 0 aliphatic carbocycles. The zero-order valence-corrected chi connectivity index (χ0v) is 18.0. The molecule has 0 saturated carbocycles. The van der Waals surface area contributed by atoms with Gasteiger partial charge in [0.2, 0.25) is 5.91 Å². The van der Waals surface area contributed by atoms with Crippen molar-refractivity contribution < 1.29 is 18.4 Å². The van der Waals surface area contributed by atoms with Crippen LogP contribution >= 0.6 is 0 Å². The van der Waals surface area contributed by atoms with E-state index in [0.29, 0.717) is 46.2 Å². The second-order valence-corrected chi connectivity index (χ2v) is 7.92. The van der Waals surface area contributed by atoms with Crippen LogP contribution in [0.15, 0.2) is 59.4 Å². The first-order chi connectivity index (χ1) is 16.1. The van der Waals surface area contributed by atoms with Crippen molar-refractivity contribution in [3.8, 4) is 17.0 Å². The average Bonchev–Trinajstić information content (AvgIpc) is 3.29. The van der Waals surface area contributed by atoms with Crippen molar-refractivity contribution in [1.29, 1.82) is 0 Å². The summed E-state index contributed by atoms with van der Waals surface area (Å²) < 4.78 is 24.1. The van der Waals surface area contributed by atoms with E-state index in [9.17, 15) is 9.18 Å². The van der Waals surface area contributed by atoms with Crippen LogP contribution in [-0.2, 0) is 4.79 Å². The smallest absolute Gasteiger partial charge is 0.263 e. The minimum absolute atomic E-state index is 0.0534. The maximum absolute atomic E-state index is 13.4. The number of nitrogens with zero attached hydrogens (tertiary/aromatic N) is 4. The predicted molar refractivity (Wildman–Crippen MR) is 122 cm³/mol. The highest BCUT2D eigenvalue weighted by Crippen LogP contribution is 2.35. The highest BCUT2D eigenvalue weighted by atomic mass is 19.1. The van der Waals surface area contributed by atoms with E-state index in [1.165, 1.54) is 18.5 Å². The van der Waals surface area contributed by atoms with Gasteiger partial charge in [-0.25, -0.2) is 9.37 Å². The number of anilines is 2. The molecule has 9 heteroatoms. The summed E-state index contributed by atoms with van der Waals surface area (Å²) in [6.45, 7) is 1.24. The Morgan fingerprint density at radius 1 is 1.21 bits per heavy atom. The highest BCUT2D eigenvalue weighted by molar-refractivity contribution is 5.98. The summed E-state index contributed by atoms with van der Waals surface area (Å²) in [5.74, 6) is 0.733. The number of hydrogen-bond acceptors (Lipinski definition) is 7. The molecule has 1 aliphatic rings. The summed E-state index contributed by atoms with van der Waals surface area (Å²) in [5.41, 5.74) is 2.29. The third-order valence-electron chi connectivity index (χ3n) is 5.80. The number of halogens is 1. The van der Waals surface area contributed by atoms with Crippen LogP contribution in [0, 0.1) is 11.7 Å². The van der Waals surface area contributed by atoms with Gasteiger partial charge in [-0.1, -0.05) is 11.2 Å². The van der Waals surface area contributed by atoms with Gasteiger partial charge in [-0.2, -0.15) is 4.98 Å². The van der Waals surface area contributed by atoms with Gasteiger partial charge in [-0.15, -0.1) is 0 Å². The van der Waals surface area contributed by atoms with Gasteiger partial charge in [0.1, 0.15) is 34.8 Å². The molecule has 1 amide bonds. The maximum atomic E-state index is 13.4. The van der Waals surface area contributed by atoms with Gasteiger partial charge in [0.05, 0.1) is 13.0 Å². The van der Waals surface area contributed by atoms with Crippen molar-refractivity contribution in [3.63, 3.8) is 0 Å². The number of carbonyl (C=O) groups is 1. The Kier molecular flexibility index (Phi) is 5.60. The van der Waals surface area contributed by atoms with Crippen LogP contribution < -0.4 is 15.0 Å². The molecule has 8 nitrogen and oxygen atoms in total. The van der Waals surface area contributed by atoms with Gasteiger partial charge >= 0.3 is 0 Å². The quantitative estimate of drug-likeness (QED) is 0.488. The van der Waals surface area contributed by atoms with E-state index in [0.717, 1.165) is 19.4 Å². The Labute approximate surface area is 189 Å². The highest BCUT2D eigenvalue weighted by Gasteiger charge is 2.29. The minimum atomic E-state index is -0.330. The number of aromatic nitrogens is 3. The molecule has 0 radical (unpaired) electrons. The van der Waals surface area contributed by atoms with Crippen LogP contribution in [0.2, 0.25) is 0 Å². The second-order valence-electron chi connectivity index (χ2n) is 7.92. The fourth-order valence-electron chi connectivity index (χ4n) is 4.14. The Bertz CT molecular complexity index is 1290. The summed E-state index contributed by atoms with van der Waals surface area (Å²) in [7, 11) is 1.59. The normalized spacial score (nSPS) is 16.1. The van der Waals surface area contributed by atoms with Crippen LogP contribution in [0.3, 0.4) is 0 Å². The first-order valence-electron chi connectivity index (χ1n) is 10.7. The molecule has 0 spiro atoms. The number of piperidine rings is 1. The molecule has 1 atom stereocenters. The van der Waals surface area contributed by atoms with E-state index in [2.05, 4.69) is 25.3 Å². The Balaban J connectivity index is 1.41. The molecule has 1 saturated heterocycles. The van der Waals surface area contributed by atoms with Crippen molar-refractivity contribution in [1.82, 2.24) is 15.1 Å². The standard InChI is InChI=1S/C24H22FN5O3/c1-32-19-6-2-5-18(12-19)28-23(31)16-4-3-11-30(13-16)22-20-21(15-7-9-17(25)10-8-15)29-33-24(20)27-14-26-22/h2,5-10,12,14,16H,3-4,11,13H2,1H3,(H,28,31)/t16-/m1/s1. The van der Waals surface area contributed by atoms with E-state index >= 15 is 0 Å². The van der Waals surface area contributed by atoms with Gasteiger partial charge in [0, 0.05) is 30.4 Å². The van der Waals surface area contributed by atoms with E-state index in [1.807, 2.05) is 18.2 Å². The molecule has 3 heterocycles. The number of ether oxygens (including phenoxy) is 1. The molecular formula is C24H22FN5O3. The molecule has 1 fully saturated rings. The zero-order valence-electron chi connectivity index (χ0n) is 18.0. The van der Waals surface area contributed by atoms with E-state index in [4.69, 9.17) is 9.26 Å². The molecular weight excluding hydrogens is 425 g/mol. The van der Waals surface area contributed by atoms with Crippen LogP contribution in [0.1, 0.15) is 12.8 Å². The summed E-state index contributed by atoms with van der Waals surface area (Å²) in [5, 5.41) is 7.80. The number of amides is 1. The fourth-order valence-corrected chi connectivity index (χ4v) is 4.14. The molecule has 4 aromatic rings. The van der Waals surface area contributed by atoms with Gasteiger partial charge in [0.15, 0.2) is 0 Å². The molecule has 2 aromatic heterocycles. The van der Waals surface area contributed by atoms with Crippen molar-refractivity contribution in [2.24, 2.45) is 5.92 Å². The van der Waals surface area contributed by atoms with Gasteiger partial charge in [-0.05, 0) is 49.2 Å². The van der Waals surface area contributed by atoms with Crippen LogP contribution in [0.4, 0.5) is 15.9 Å². The van der Waals surface area contributed by atoms with Crippen LogP contribution in [-0.4, -0.2) is 41.2 Å². The molecule has 168 valence electrons. The number of nitrogens with one attached hydrogen (secondary N) is 1. The van der Waals surface area contributed by atoms with Crippen LogP contribution in [0.5, 0.6) is 5.75 Å². The third kappa shape index (κ3) is 4.21. The topological polar surface area (TPSA) is 93.4 Å². The first-order valence-corrected chi connectivity index (χ1v) is 10.7. The summed E-state index contributed by atoms with van der Waals surface area (Å²) in [6.07, 6.45) is 3.03. The molecule has 0 bridgehead atoms. The minimum Gasteiger partial charge on any atom is -0.497 e. The largest absolute Gasteiger partial charge is 0.497 e. The summed E-state index contributed by atoms with van der Waals surface area (Å²) >= 11 is 0.